The number of nitrogens with one attached hydrogen (secondary N) is 1. The number of rotatable bonds is 6. The molecule has 2 rings (SSSR count). The molecule has 0 atom stereocenters. The van der Waals surface area contributed by atoms with Gasteiger partial charge < -0.3 is 14.8 Å². The molecular formula is C15H25N3O. The first-order valence-electron chi connectivity index (χ1n) is 7.43. The molecule has 0 spiro atoms. The Morgan fingerprint density at radius 2 is 2.11 bits per heavy atom. The fraction of sp³-hybridized carbons (Fsp3) is 0.667. The van der Waals surface area contributed by atoms with Crippen molar-refractivity contribution in [1.29, 1.82) is 0 Å². The highest BCUT2D eigenvalue weighted by Crippen LogP contribution is 2.08. The molecule has 0 aromatic carbocycles. The first-order chi connectivity index (χ1) is 9.31. The van der Waals surface area contributed by atoms with E-state index in [1.807, 2.05) is 4.90 Å². The van der Waals surface area contributed by atoms with Crippen molar-refractivity contribution in [3.63, 3.8) is 0 Å². The minimum atomic E-state index is 0.244. The number of hydrogen-bond acceptors (Lipinski definition) is 2. The minimum Gasteiger partial charge on any atom is -0.350 e. The van der Waals surface area contributed by atoms with E-state index in [4.69, 9.17) is 0 Å². The number of nitrogens with zero attached hydrogens (tertiary/aromatic N) is 2. The van der Waals surface area contributed by atoms with Crippen LogP contribution in [0.15, 0.2) is 18.3 Å². The lowest BCUT2D eigenvalue weighted by atomic mass is 10.1. The van der Waals surface area contributed by atoms with Gasteiger partial charge in [0.15, 0.2) is 0 Å². The molecule has 1 aromatic rings. The summed E-state index contributed by atoms with van der Waals surface area (Å²) in [5.74, 6) is 0.244. The fourth-order valence-corrected chi connectivity index (χ4v) is 2.62. The van der Waals surface area contributed by atoms with Gasteiger partial charge >= 0.3 is 0 Å². The van der Waals surface area contributed by atoms with Crippen LogP contribution in [0.2, 0.25) is 0 Å². The van der Waals surface area contributed by atoms with Crippen LogP contribution >= 0.6 is 0 Å². The molecule has 1 aromatic heterocycles. The zero-order valence-electron chi connectivity index (χ0n) is 11.9. The van der Waals surface area contributed by atoms with Crippen molar-refractivity contribution in [2.24, 2.45) is 0 Å². The van der Waals surface area contributed by atoms with E-state index in [1.165, 1.54) is 12.1 Å². The van der Waals surface area contributed by atoms with E-state index in [1.54, 1.807) is 0 Å². The predicted molar refractivity (Wildman–Crippen MR) is 76.9 cm³/mol. The van der Waals surface area contributed by atoms with Gasteiger partial charge in [0.05, 0.1) is 6.54 Å². The van der Waals surface area contributed by atoms with Crippen molar-refractivity contribution in [3.05, 3.63) is 24.0 Å². The van der Waals surface area contributed by atoms with Gasteiger partial charge in [-0.05, 0) is 37.8 Å². The van der Waals surface area contributed by atoms with Crippen LogP contribution in [0.1, 0.15) is 38.3 Å². The lowest BCUT2D eigenvalue weighted by Crippen LogP contribution is -2.41. The summed E-state index contributed by atoms with van der Waals surface area (Å²) >= 11 is 0. The Labute approximate surface area is 115 Å². The zero-order valence-corrected chi connectivity index (χ0v) is 11.9. The summed E-state index contributed by atoms with van der Waals surface area (Å²) < 4.78 is 2.25. The van der Waals surface area contributed by atoms with Crippen LogP contribution in [0.4, 0.5) is 0 Å². The Morgan fingerprint density at radius 3 is 2.84 bits per heavy atom. The van der Waals surface area contributed by atoms with Gasteiger partial charge in [0, 0.05) is 38.1 Å². The summed E-state index contributed by atoms with van der Waals surface area (Å²) in [5, 5.41) is 3.27. The molecule has 0 radical (unpaired) electrons. The molecule has 1 aliphatic rings. The predicted octanol–water partition coefficient (Wildman–Crippen LogP) is 2.00. The van der Waals surface area contributed by atoms with Gasteiger partial charge in [-0.1, -0.05) is 6.92 Å². The first kappa shape index (κ1) is 14.1. The van der Waals surface area contributed by atoms with Crippen molar-refractivity contribution >= 4 is 5.91 Å². The highest BCUT2D eigenvalue weighted by molar-refractivity contribution is 5.78. The molecule has 2 heterocycles. The average molecular weight is 263 g/mol. The number of aryl methyl sites for hydroxylation is 1. The van der Waals surface area contributed by atoms with Crippen LogP contribution in [0, 0.1) is 0 Å². The SMILES string of the molecule is CCCn1cccc1CNCC(=O)N1CCCCC1. The standard InChI is InChI=1S/C15H25N3O/c1-2-8-17-11-6-7-14(17)12-16-13-15(19)18-9-4-3-5-10-18/h6-7,11,16H,2-5,8-10,12-13H2,1H3. The number of carbonyl (C=O) groups is 1. The van der Waals surface area contributed by atoms with Gasteiger partial charge in [-0.15, -0.1) is 0 Å². The molecule has 0 bridgehead atoms. The second kappa shape index (κ2) is 7.34. The molecule has 1 N–H and O–H groups in total. The molecule has 0 saturated carbocycles. The maximum Gasteiger partial charge on any atom is 0.236 e. The average Bonchev–Trinajstić information content (AvgIpc) is 2.88. The molecular weight excluding hydrogens is 238 g/mol. The summed E-state index contributed by atoms with van der Waals surface area (Å²) in [6, 6.07) is 4.19. The molecule has 1 fully saturated rings. The molecule has 1 aliphatic heterocycles. The second-order valence-corrected chi connectivity index (χ2v) is 5.24. The van der Waals surface area contributed by atoms with E-state index in [2.05, 4.69) is 35.1 Å². The highest BCUT2D eigenvalue weighted by atomic mass is 16.2. The van der Waals surface area contributed by atoms with Gasteiger partial charge in [-0.25, -0.2) is 0 Å². The van der Waals surface area contributed by atoms with Crippen molar-refractivity contribution in [2.45, 2.75) is 45.7 Å². The molecule has 4 heteroatoms. The minimum absolute atomic E-state index is 0.244. The monoisotopic (exact) mass is 263 g/mol. The summed E-state index contributed by atoms with van der Waals surface area (Å²) in [4.78, 5) is 14.0. The third-order valence-corrected chi connectivity index (χ3v) is 3.68. The highest BCUT2D eigenvalue weighted by Gasteiger charge is 2.15. The van der Waals surface area contributed by atoms with Crippen LogP contribution in [0.25, 0.3) is 0 Å². The molecule has 1 amide bonds. The number of amides is 1. The quantitative estimate of drug-likeness (QED) is 0.852. The van der Waals surface area contributed by atoms with Gasteiger partial charge in [0.1, 0.15) is 0 Å². The third kappa shape index (κ3) is 4.10. The Kier molecular flexibility index (Phi) is 5.45. The summed E-state index contributed by atoms with van der Waals surface area (Å²) in [5.41, 5.74) is 1.26. The lowest BCUT2D eigenvalue weighted by Gasteiger charge is -2.26. The second-order valence-electron chi connectivity index (χ2n) is 5.24. The van der Waals surface area contributed by atoms with Crippen molar-refractivity contribution in [1.82, 2.24) is 14.8 Å². The largest absolute Gasteiger partial charge is 0.350 e. The van der Waals surface area contributed by atoms with Crippen LogP contribution in [-0.2, 0) is 17.9 Å². The molecule has 1 saturated heterocycles. The normalized spacial score (nSPS) is 15.7. The maximum absolute atomic E-state index is 12.0. The summed E-state index contributed by atoms with van der Waals surface area (Å²) in [7, 11) is 0. The van der Waals surface area contributed by atoms with E-state index >= 15 is 0 Å². The number of carbonyl (C=O) groups excluding carboxylic acids is 1. The van der Waals surface area contributed by atoms with Gasteiger partial charge in [0.2, 0.25) is 5.91 Å². The molecule has 0 aliphatic carbocycles. The van der Waals surface area contributed by atoms with E-state index < -0.39 is 0 Å². The van der Waals surface area contributed by atoms with Crippen LogP contribution < -0.4 is 5.32 Å². The third-order valence-electron chi connectivity index (χ3n) is 3.68. The molecule has 4 nitrogen and oxygen atoms in total. The van der Waals surface area contributed by atoms with E-state index in [9.17, 15) is 4.79 Å². The fourth-order valence-electron chi connectivity index (χ4n) is 2.62. The van der Waals surface area contributed by atoms with Crippen LogP contribution in [0.5, 0.6) is 0 Å². The van der Waals surface area contributed by atoms with Gasteiger partial charge in [0.25, 0.3) is 0 Å². The van der Waals surface area contributed by atoms with Crippen LogP contribution in [-0.4, -0.2) is 35.0 Å². The lowest BCUT2D eigenvalue weighted by molar-refractivity contribution is -0.131. The van der Waals surface area contributed by atoms with Crippen LogP contribution in [0.3, 0.4) is 0 Å². The Morgan fingerprint density at radius 1 is 1.32 bits per heavy atom. The number of piperidine rings is 1. The smallest absolute Gasteiger partial charge is 0.236 e. The Balaban J connectivity index is 1.73. The van der Waals surface area contributed by atoms with Crippen molar-refractivity contribution in [2.75, 3.05) is 19.6 Å². The zero-order chi connectivity index (χ0) is 13.5. The molecule has 106 valence electrons. The molecule has 0 unspecified atom stereocenters. The Bertz CT molecular complexity index is 394. The van der Waals surface area contributed by atoms with E-state index in [0.29, 0.717) is 6.54 Å². The van der Waals surface area contributed by atoms with E-state index in [0.717, 1.165) is 45.4 Å². The van der Waals surface area contributed by atoms with E-state index in [-0.39, 0.29) is 5.91 Å². The van der Waals surface area contributed by atoms with Gasteiger partial charge in [-0.2, -0.15) is 0 Å². The number of aromatic nitrogens is 1. The van der Waals surface area contributed by atoms with Crippen molar-refractivity contribution < 1.29 is 4.79 Å². The summed E-state index contributed by atoms with van der Waals surface area (Å²) in [6.45, 7) is 6.32. The topological polar surface area (TPSA) is 37.3 Å². The molecule has 19 heavy (non-hydrogen) atoms. The summed E-state index contributed by atoms with van der Waals surface area (Å²) in [6.07, 6.45) is 6.82. The maximum atomic E-state index is 12.0. The van der Waals surface area contributed by atoms with Gasteiger partial charge in [-0.3, -0.25) is 4.79 Å². The number of hydrogen-bond donors (Lipinski definition) is 1. The number of likely N-dealkylation sites (tertiary alicyclic amines) is 1. The first-order valence-corrected chi connectivity index (χ1v) is 7.43. The Hall–Kier alpha value is -1.29. The van der Waals surface area contributed by atoms with Crippen molar-refractivity contribution in [3.8, 4) is 0 Å².